The van der Waals surface area contributed by atoms with Crippen LogP contribution in [0.2, 0.25) is 0 Å². The van der Waals surface area contributed by atoms with E-state index in [4.69, 9.17) is 4.99 Å². The number of aryl methyl sites for hydroxylation is 1. The van der Waals surface area contributed by atoms with Crippen LogP contribution in [0, 0.1) is 6.92 Å². The maximum atomic E-state index is 4.82. The normalized spacial score (nSPS) is 15.6. The predicted molar refractivity (Wildman–Crippen MR) is 123 cm³/mol. The summed E-state index contributed by atoms with van der Waals surface area (Å²) < 4.78 is 1.99. The fourth-order valence-electron chi connectivity index (χ4n) is 3.89. The molecule has 3 aromatic rings. The standard InChI is InChI=1S/C23H30N6S/c1-18-27-28-21(29(18)2)16-25-22(24-14-11-20-10-6-15-30-20)26-17-23(12-7-13-23)19-8-4-3-5-9-19/h3-6,8-10,15H,7,11-14,16-17H2,1-2H3,(H2,24,25,26). The number of aliphatic imine (C=N–C) groups is 1. The van der Waals surface area contributed by atoms with Gasteiger partial charge in [-0.1, -0.05) is 42.8 Å². The van der Waals surface area contributed by atoms with Crippen LogP contribution in [0.25, 0.3) is 0 Å². The molecule has 2 aromatic heterocycles. The monoisotopic (exact) mass is 422 g/mol. The molecule has 158 valence electrons. The molecule has 2 N–H and O–H groups in total. The van der Waals surface area contributed by atoms with E-state index in [1.807, 2.05) is 18.5 Å². The smallest absolute Gasteiger partial charge is 0.191 e. The third-order valence-corrected chi connectivity index (χ3v) is 7.03. The first-order chi connectivity index (χ1) is 14.7. The van der Waals surface area contributed by atoms with Crippen LogP contribution in [0.5, 0.6) is 0 Å². The SMILES string of the molecule is Cc1nnc(CN=C(NCCc2cccs2)NCC2(c3ccccc3)CCC2)n1C. The van der Waals surface area contributed by atoms with Gasteiger partial charge in [0, 0.05) is 30.4 Å². The van der Waals surface area contributed by atoms with Gasteiger partial charge < -0.3 is 15.2 Å². The van der Waals surface area contributed by atoms with Crippen molar-refractivity contribution in [1.29, 1.82) is 0 Å². The Morgan fingerprint density at radius 1 is 1.13 bits per heavy atom. The number of benzene rings is 1. The van der Waals surface area contributed by atoms with E-state index in [0.717, 1.165) is 37.1 Å². The number of aromatic nitrogens is 3. The van der Waals surface area contributed by atoms with Gasteiger partial charge in [-0.25, -0.2) is 4.99 Å². The Morgan fingerprint density at radius 2 is 1.97 bits per heavy atom. The molecule has 1 aromatic carbocycles. The van der Waals surface area contributed by atoms with Crippen LogP contribution in [0.4, 0.5) is 0 Å². The van der Waals surface area contributed by atoms with Crippen LogP contribution >= 0.6 is 11.3 Å². The van der Waals surface area contributed by atoms with Crippen LogP contribution in [0.15, 0.2) is 52.8 Å². The molecular formula is C23H30N6S. The molecule has 0 bridgehead atoms. The zero-order chi connectivity index (χ0) is 20.8. The van der Waals surface area contributed by atoms with Gasteiger partial charge in [0.25, 0.3) is 0 Å². The summed E-state index contributed by atoms with van der Waals surface area (Å²) >= 11 is 1.80. The Bertz CT molecular complexity index is 957. The number of guanidine groups is 1. The Morgan fingerprint density at radius 3 is 2.60 bits per heavy atom. The second kappa shape index (κ2) is 9.43. The first kappa shape index (κ1) is 20.6. The van der Waals surface area contributed by atoms with Gasteiger partial charge in [-0.05, 0) is 43.2 Å². The number of nitrogens with zero attached hydrogens (tertiary/aromatic N) is 4. The number of hydrogen-bond acceptors (Lipinski definition) is 4. The van der Waals surface area contributed by atoms with Crippen molar-refractivity contribution in [2.45, 2.75) is 44.6 Å². The van der Waals surface area contributed by atoms with Crippen molar-refractivity contribution < 1.29 is 0 Å². The fourth-order valence-corrected chi connectivity index (χ4v) is 4.60. The second-order valence-electron chi connectivity index (χ2n) is 8.00. The summed E-state index contributed by atoms with van der Waals surface area (Å²) in [5, 5.41) is 17.6. The Kier molecular flexibility index (Phi) is 6.47. The molecule has 1 fully saturated rings. The summed E-state index contributed by atoms with van der Waals surface area (Å²) in [5.41, 5.74) is 1.63. The summed E-state index contributed by atoms with van der Waals surface area (Å²) in [5.74, 6) is 2.61. The van der Waals surface area contributed by atoms with E-state index in [-0.39, 0.29) is 5.41 Å². The highest BCUT2D eigenvalue weighted by atomic mass is 32.1. The van der Waals surface area contributed by atoms with Crippen molar-refractivity contribution in [2.75, 3.05) is 13.1 Å². The summed E-state index contributed by atoms with van der Waals surface area (Å²) in [7, 11) is 1.98. The molecule has 0 spiro atoms. The lowest BCUT2D eigenvalue weighted by Gasteiger charge is -2.43. The van der Waals surface area contributed by atoms with Crippen molar-refractivity contribution in [3.8, 4) is 0 Å². The van der Waals surface area contributed by atoms with Crippen LogP contribution in [0.3, 0.4) is 0 Å². The highest BCUT2D eigenvalue weighted by molar-refractivity contribution is 7.09. The molecule has 0 saturated heterocycles. The average Bonchev–Trinajstić information content (AvgIpc) is 3.36. The number of thiophene rings is 1. The molecule has 0 radical (unpaired) electrons. The predicted octanol–water partition coefficient (Wildman–Crippen LogP) is 3.58. The van der Waals surface area contributed by atoms with Gasteiger partial charge in [-0.15, -0.1) is 21.5 Å². The lowest BCUT2D eigenvalue weighted by atomic mass is 9.64. The number of rotatable bonds is 8. The third-order valence-electron chi connectivity index (χ3n) is 6.10. The largest absolute Gasteiger partial charge is 0.356 e. The van der Waals surface area contributed by atoms with Gasteiger partial charge in [0.05, 0.1) is 0 Å². The molecule has 0 unspecified atom stereocenters. The second-order valence-corrected chi connectivity index (χ2v) is 9.03. The van der Waals surface area contributed by atoms with E-state index >= 15 is 0 Å². The summed E-state index contributed by atoms with van der Waals surface area (Å²) in [4.78, 5) is 6.20. The van der Waals surface area contributed by atoms with E-state index in [1.54, 1.807) is 11.3 Å². The van der Waals surface area contributed by atoms with Crippen LogP contribution in [-0.4, -0.2) is 33.8 Å². The first-order valence-corrected chi connectivity index (χ1v) is 11.5. The van der Waals surface area contributed by atoms with Crippen LogP contribution in [0.1, 0.15) is 41.4 Å². The van der Waals surface area contributed by atoms with Gasteiger partial charge in [0.1, 0.15) is 12.4 Å². The lowest BCUT2D eigenvalue weighted by Crippen LogP contribution is -2.49. The van der Waals surface area contributed by atoms with Crippen molar-refractivity contribution in [2.24, 2.45) is 12.0 Å². The number of hydrogen-bond donors (Lipinski definition) is 2. The van der Waals surface area contributed by atoms with E-state index in [0.29, 0.717) is 6.54 Å². The zero-order valence-corrected chi connectivity index (χ0v) is 18.6. The first-order valence-electron chi connectivity index (χ1n) is 10.6. The van der Waals surface area contributed by atoms with Crippen LogP contribution < -0.4 is 10.6 Å². The Balaban J connectivity index is 1.43. The summed E-state index contributed by atoms with van der Waals surface area (Å²) in [6.45, 7) is 4.20. The molecule has 2 heterocycles. The average molecular weight is 423 g/mol. The summed E-state index contributed by atoms with van der Waals surface area (Å²) in [6.07, 6.45) is 4.71. The van der Waals surface area contributed by atoms with Crippen molar-refractivity contribution in [1.82, 2.24) is 25.4 Å². The van der Waals surface area contributed by atoms with Crippen molar-refractivity contribution >= 4 is 17.3 Å². The van der Waals surface area contributed by atoms with Crippen molar-refractivity contribution in [3.05, 3.63) is 69.9 Å². The molecule has 6 nitrogen and oxygen atoms in total. The Hall–Kier alpha value is -2.67. The van der Waals surface area contributed by atoms with Gasteiger partial charge >= 0.3 is 0 Å². The van der Waals surface area contributed by atoms with E-state index in [2.05, 4.69) is 68.7 Å². The fraction of sp³-hybridized carbons (Fsp3) is 0.435. The molecule has 1 aliphatic carbocycles. The van der Waals surface area contributed by atoms with E-state index in [9.17, 15) is 0 Å². The highest BCUT2D eigenvalue weighted by Crippen LogP contribution is 2.43. The molecular weight excluding hydrogens is 392 g/mol. The van der Waals surface area contributed by atoms with Crippen molar-refractivity contribution in [3.63, 3.8) is 0 Å². The molecule has 1 saturated carbocycles. The molecule has 1 aliphatic rings. The van der Waals surface area contributed by atoms with E-state index < -0.39 is 0 Å². The van der Waals surface area contributed by atoms with Gasteiger partial charge in [0.2, 0.25) is 0 Å². The zero-order valence-electron chi connectivity index (χ0n) is 17.8. The molecule has 7 heteroatoms. The minimum atomic E-state index is 0.207. The minimum absolute atomic E-state index is 0.207. The molecule has 0 atom stereocenters. The topological polar surface area (TPSA) is 67.1 Å². The molecule has 4 rings (SSSR count). The van der Waals surface area contributed by atoms with Crippen LogP contribution in [-0.2, 0) is 25.4 Å². The third kappa shape index (κ3) is 4.73. The molecule has 30 heavy (non-hydrogen) atoms. The summed E-state index contributed by atoms with van der Waals surface area (Å²) in [6, 6.07) is 15.2. The Labute approximate surface area is 182 Å². The van der Waals surface area contributed by atoms with Gasteiger partial charge in [0.15, 0.2) is 11.8 Å². The van der Waals surface area contributed by atoms with E-state index in [1.165, 1.54) is 29.7 Å². The highest BCUT2D eigenvalue weighted by Gasteiger charge is 2.38. The number of nitrogens with one attached hydrogen (secondary N) is 2. The quantitative estimate of drug-likeness (QED) is 0.430. The van der Waals surface area contributed by atoms with Gasteiger partial charge in [-0.2, -0.15) is 0 Å². The molecule has 0 amide bonds. The maximum Gasteiger partial charge on any atom is 0.191 e. The lowest BCUT2D eigenvalue weighted by molar-refractivity contribution is 0.244. The maximum absolute atomic E-state index is 4.82. The van der Waals surface area contributed by atoms with Gasteiger partial charge in [-0.3, -0.25) is 0 Å². The molecule has 0 aliphatic heterocycles. The minimum Gasteiger partial charge on any atom is -0.356 e.